The predicted molar refractivity (Wildman–Crippen MR) is 113 cm³/mol. The van der Waals surface area contributed by atoms with Crippen molar-refractivity contribution in [2.75, 3.05) is 5.32 Å². The van der Waals surface area contributed by atoms with Gasteiger partial charge in [-0.25, -0.2) is 4.39 Å². The number of rotatable bonds is 5. The van der Waals surface area contributed by atoms with Gasteiger partial charge in [0, 0.05) is 15.5 Å². The maximum absolute atomic E-state index is 13.3. The maximum Gasteiger partial charge on any atom is 0.138 e. The van der Waals surface area contributed by atoms with E-state index >= 15 is 0 Å². The van der Waals surface area contributed by atoms with Crippen molar-refractivity contribution in [3.05, 3.63) is 87.7 Å². The van der Waals surface area contributed by atoms with Crippen LogP contribution in [-0.2, 0) is 6.61 Å². The van der Waals surface area contributed by atoms with Gasteiger partial charge in [-0.3, -0.25) is 0 Å². The molecule has 1 aromatic heterocycles. The molecule has 0 atom stereocenters. The third-order valence-corrected chi connectivity index (χ3v) is 4.89. The highest BCUT2D eigenvalue weighted by molar-refractivity contribution is 9.10. The van der Waals surface area contributed by atoms with E-state index < -0.39 is 0 Å². The average Bonchev–Trinajstić information content (AvgIpc) is 2.67. The van der Waals surface area contributed by atoms with Crippen LogP contribution in [0.4, 0.5) is 15.8 Å². The zero-order valence-electron chi connectivity index (χ0n) is 14.5. The van der Waals surface area contributed by atoms with Crippen molar-refractivity contribution in [1.82, 2.24) is 10.2 Å². The van der Waals surface area contributed by atoms with Gasteiger partial charge in [-0.15, -0.1) is 0 Å². The molecule has 1 heterocycles. The first-order valence-corrected chi connectivity index (χ1v) is 9.60. The molecule has 28 heavy (non-hydrogen) atoms. The van der Waals surface area contributed by atoms with E-state index in [0.717, 1.165) is 32.3 Å². The number of anilines is 2. The van der Waals surface area contributed by atoms with Crippen LogP contribution in [0, 0.1) is 5.82 Å². The van der Waals surface area contributed by atoms with Crippen LogP contribution in [0.2, 0.25) is 5.02 Å². The van der Waals surface area contributed by atoms with E-state index in [0.29, 0.717) is 10.8 Å². The fraction of sp³-hybridized carbons (Fsp3) is 0.0476. The summed E-state index contributed by atoms with van der Waals surface area (Å²) in [5.41, 5.74) is 3.13. The van der Waals surface area contributed by atoms with E-state index in [4.69, 9.17) is 16.3 Å². The quantitative estimate of drug-likeness (QED) is 0.370. The summed E-state index contributed by atoms with van der Waals surface area (Å²) >= 11 is 9.80. The molecule has 0 saturated heterocycles. The predicted octanol–water partition coefficient (Wildman–Crippen LogP) is 6.51. The molecule has 7 heteroatoms. The Hall–Kier alpha value is -2.70. The highest BCUT2D eigenvalue weighted by Gasteiger charge is 2.08. The van der Waals surface area contributed by atoms with E-state index in [1.165, 1.54) is 12.1 Å². The van der Waals surface area contributed by atoms with Crippen LogP contribution in [0.25, 0.3) is 10.9 Å². The lowest BCUT2D eigenvalue weighted by Crippen LogP contribution is -1.98. The Morgan fingerprint density at radius 2 is 1.96 bits per heavy atom. The second kappa shape index (κ2) is 8.12. The summed E-state index contributed by atoms with van der Waals surface area (Å²) in [6, 6.07) is 17.5. The average molecular weight is 459 g/mol. The topological polar surface area (TPSA) is 47.0 Å². The first kappa shape index (κ1) is 18.7. The smallest absolute Gasteiger partial charge is 0.138 e. The largest absolute Gasteiger partial charge is 0.487 e. The van der Waals surface area contributed by atoms with Gasteiger partial charge < -0.3 is 10.1 Å². The Bertz CT molecular complexity index is 1160. The maximum atomic E-state index is 13.3. The number of nitrogens with zero attached hydrogens (tertiary/aromatic N) is 2. The van der Waals surface area contributed by atoms with Gasteiger partial charge in [-0.05, 0) is 54.1 Å². The number of hydrogen-bond acceptors (Lipinski definition) is 4. The van der Waals surface area contributed by atoms with Gasteiger partial charge in [-0.2, -0.15) is 10.2 Å². The lowest BCUT2D eigenvalue weighted by atomic mass is 10.2. The van der Waals surface area contributed by atoms with Crippen molar-refractivity contribution in [3.63, 3.8) is 0 Å². The summed E-state index contributed by atoms with van der Waals surface area (Å²) in [5, 5.41) is 12.9. The second-order valence-electron chi connectivity index (χ2n) is 6.11. The fourth-order valence-electron chi connectivity index (χ4n) is 2.77. The minimum absolute atomic E-state index is 0.234. The molecule has 0 saturated carbocycles. The summed E-state index contributed by atoms with van der Waals surface area (Å²) in [5.74, 6) is 0.232. The molecular formula is C21H14BrClFN3O. The fourth-order valence-corrected chi connectivity index (χ4v) is 3.36. The number of nitrogens with one attached hydrogen (secondary N) is 1. The molecular weight excluding hydrogens is 445 g/mol. The summed E-state index contributed by atoms with van der Waals surface area (Å²) in [6.07, 6.45) is 1.67. The van der Waals surface area contributed by atoms with Crippen LogP contribution in [0.5, 0.6) is 5.75 Å². The molecule has 0 aliphatic heterocycles. The highest BCUT2D eigenvalue weighted by Crippen LogP contribution is 2.31. The molecule has 140 valence electrons. The summed E-state index contributed by atoms with van der Waals surface area (Å²) in [4.78, 5) is 0. The number of aromatic nitrogens is 2. The van der Waals surface area contributed by atoms with Crippen LogP contribution >= 0.6 is 27.5 Å². The lowest BCUT2D eigenvalue weighted by molar-refractivity contribution is 0.306. The summed E-state index contributed by atoms with van der Waals surface area (Å²) < 4.78 is 19.9. The Morgan fingerprint density at radius 1 is 1.07 bits per heavy atom. The van der Waals surface area contributed by atoms with Crippen molar-refractivity contribution in [3.8, 4) is 5.75 Å². The number of halogens is 3. The highest BCUT2D eigenvalue weighted by atomic mass is 79.9. The molecule has 1 N–H and O–H groups in total. The van der Waals surface area contributed by atoms with Gasteiger partial charge in [0.1, 0.15) is 18.2 Å². The van der Waals surface area contributed by atoms with Gasteiger partial charge in [0.15, 0.2) is 0 Å². The molecule has 0 spiro atoms. The molecule has 0 fully saturated rings. The lowest BCUT2D eigenvalue weighted by Gasteiger charge is -2.12. The van der Waals surface area contributed by atoms with Crippen molar-refractivity contribution in [1.29, 1.82) is 0 Å². The Labute approximate surface area is 174 Å². The molecule has 0 amide bonds. The minimum Gasteiger partial charge on any atom is -0.487 e. The number of hydrogen-bond donors (Lipinski definition) is 1. The monoisotopic (exact) mass is 457 g/mol. The molecule has 3 aromatic carbocycles. The molecule has 0 unspecified atom stereocenters. The van der Waals surface area contributed by atoms with Crippen molar-refractivity contribution < 1.29 is 9.13 Å². The summed E-state index contributed by atoms with van der Waals surface area (Å²) in [7, 11) is 0. The van der Waals surface area contributed by atoms with E-state index in [9.17, 15) is 4.39 Å². The molecule has 4 rings (SSSR count). The van der Waals surface area contributed by atoms with Gasteiger partial charge in [-0.1, -0.05) is 39.7 Å². The standard InChI is InChI=1S/C21H14BrClFN3O/c22-14-4-6-17-19(9-14)27-25-11-20(17)26-16-5-7-21(18(23)10-16)28-12-13-2-1-3-15(24)8-13/h1-11H,12H2,(H,26,27). The van der Waals surface area contributed by atoms with Crippen LogP contribution < -0.4 is 10.1 Å². The molecule has 4 aromatic rings. The Kier molecular flexibility index (Phi) is 5.41. The zero-order chi connectivity index (χ0) is 19.5. The van der Waals surface area contributed by atoms with Crippen molar-refractivity contribution in [2.45, 2.75) is 6.61 Å². The first-order valence-electron chi connectivity index (χ1n) is 8.43. The normalized spacial score (nSPS) is 10.8. The number of fused-ring (bicyclic) bond motifs is 1. The number of benzene rings is 3. The van der Waals surface area contributed by atoms with Gasteiger partial charge in [0.25, 0.3) is 0 Å². The Morgan fingerprint density at radius 3 is 2.79 bits per heavy atom. The molecule has 0 radical (unpaired) electrons. The van der Waals surface area contributed by atoms with E-state index in [1.807, 2.05) is 24.3 Å². The summed E-state index contributed by atoms with van der Waals surface area (Å²) in [6.45, 7) is 0.234. The SMILES string of the molecule is Fc1cccc(COc2ccc(Nc3cnnc4cc(Br)ccc34)cc2Cl)c1. The van der Waals surface area contributed by atoms with Gasteiger partial charge in [0.05, 0.1) is 22.4 Å². The molecule has 0 bridgehead atoms. The van der Waals surface area contributed by atoms with Crippen LogP contribution in [0.15, 0.2) is 71.3 Å². The van der Waals surface area contributed by atoms with Gasteiger partial charge >= 0.3 is 0 Å². The number of ether oxygens (including phenoxy) is 1. The van der Waals surface area contributed by atoms with Crippen molar-refractivity contribution in [2.24, 2.45) is 0 Å². The van der Waals surface area contributed by atoms with E-state index in [2.05, 4.69) is 31.4 Å². The third-order valence-electron chi connectivity index (χ3n) is 4.10. The third kappa shape index (κ3) is 4.24. The minimum atomic E-state index is -0.294. The van der Waals surface area contributed by atoms with Crippen molar-refractivity contribution >= 4 is 49.8 Å². The molecule has 0 aliphatic carbocycles. The van der Waals surface area contributed by atoms with E-state index in [-0.39, 0.29) is 12.4 Å². The Balaban J connectivity index is 1.52. The van der Waals surface area contributed by atoms with Crippen LogP contribution in [-0.4, -0.2) is 10.2 Å². The molecule has 0 aliphatic rings. The van der Waals surface area contributed by atoms with Gasteiger partial charge in [0.2, 0.25) is 0 Å². The second-order valence-corrected chi connectivity index (χ2v) is 7.43. The van der Waals surface area contributed by atoms with E-state index in [1.54, 1.807) is 30.5 Å². The first-order chi connectivity index (χ1) is 13.6. The van der Waals surface area contributed by atoms with Crippen LogP contribution in [0.1, 0.15) is 5.56 Å². The van der Waals surface area contributed by atoms with Crippen LogP contribution in [0.3, 0.4) is 0 Å². The molecule has 4 nitrogen and oxygen atoms in total. The zero-order valence-corrected chi connectivity index (χ0v) is 16.8.